The molecule has 3 rings (SSSR count). The summed E-state index contributed by atoms with van der Waals surface area (Å²) in [5, 5.41) is 2.60. The maximum Gasteiger partial charge on any atom is 0.309 e. The molecular weight excluding hydrogens is 460 g/mol. The van der Waals surface area contributed by atoms with Gasteiger partial charge in [0.1, 0.15) is 5.75 Å². The highest BCUT2D eigenvalue weighted by molar-refractivity contribution is 7.91. The fourth-order valence-corrected chi connectivity index (χ4v) is 6.92. The number of sulfone groups is 1. The molecule has 178 valence electrons. The first kappa shape index (κ1) is 24.5. The molecule has 0 aromatic heterocycles. The zero-order chi connectivity index (χ0) is 23.5. The van der Waals surface area contributed by atoms with Crippen LogP contribution in [0.1, 0.15) is 26.2 Å². The van der Waals surface area contributed by atoms with E-state index < -0.39 is 49.8 Å². The number of hydrogen-bond acceptors (Lipinski definition) is 8. The van der Waals surface area contributed by atoms with Gasteiger partial charge in [-0.2, -0.15) is 4.31 Å². The van der Waals surface area contributed by atoms with Crippen molar-refractivity contribution >= 4 is 31.7 Å². The van der Waals surface area contributed by atoms with E-state index in [0.717, 1.165) is 0 Å². The summed E-state index contributed by atoms with van der Waals surface area (Å²) in [6, 6.07) is 5.63. The van der Waals surface area contributed by atoms with Crippen LogP contribution in [0.3, 0.4) is 0 Å². The SMILES string of the molecule is COc1ccc(S(=O)(=O)N2CCC(C(=O)O[C@H](C)C(=O)N[C@H]3CCS(=O)(=O)C3)CC2)cc1. The number of hydrogen-bond donors (Lipinski definition) is 1. The van der Waals surface area contributed by atoms with Crippen molar-refractivity contribution in [3.63, 3.8) is 0 Å². The minimum atomic E-state index is -3.68. The van der Waals surface area contributed by atoms with Gasteiger partial charge >= 0.3 is 5.97 Å². The number of nitrogens with zero attached hydrogens (tertiary/aromatic N) is 1. The van der Waals surface area contributed by atoms with E-state index >= 15 is 0 Å². The molecule has 0 saturated carbocycles. The molecule has 2 heterocycles. The molecule has 0 aliphatic carbocycles. The van der Waals surface area contributed by atoms with Gasteiger partial charge in [0.05, 0.1) is 29.4 Å². The molecule has 2 atom stereocenters. The number of amides is 1. The van der Waals surface area contributed by atoms with Gasteiger partial charge in [-0.05, 0) is 50.5 Å². The fourth-order valence-electron chi connectivity index (χ4n) is 3.78. The van der Waals surface area contributed by atoms with Gasteiger partial charge in [0.25, 0.3) is 5.91 Å². The second-order valence-electron chi connectivity index (χ2n) is 8.04. The number of carbonyl (C=O) groups excluding carboxylic acids is 2. The van der Waals surface area contributed by atoms with Crippen molar-refractivity contribution in [2.75, 3.05) is 31.7 Å². The van der Waals surface area contributed by atoms with E-state index in [9.17, 15) is 26.4 Å². The lowest BCUT2D eigenvalue weighted by Gasteiger charge is -2.30. The van der Waals surface area contributed by atoms with E-state index in [1.165, 1.54) is 30.5 Å². The molecule has 0 bridgehead atoms. The van der Waals surface area contributed by atoms with E-state index in [1.54, 1.807) is 12.1 Å². The number of methoxy groups -OCH3 is 1. The first-order valence-corrected chi connectivity index (χ1v) is 13.6. The zero-order valence-corrected chi connectivity index (χ0v) is 19.7. The Morgan fingerprint density at radius 2 is 1.75 bits per heavy atom. The minimum Gasteiger partial charge on any atom is -0.497 e. The molecule has 0 unspecified atom stereocenters. The highest BCUT2D eigenvalue weighted by atomic mass is 32.2. The lowest BCUT2D eigenvalue weighted by Crippen LogP contribution is -2.44. The molecule has 12 heteroatoms. The van der Waals surface area contributed by atoms with Gasteiger partial charge in [-0.1, -0.05) is 0 Å². The molecular formula is C20H28N2O8S2. The summed E-state index contributed by atoms with van der Waals surface area (Å²) in [7, 11) is -5.32. The number of piperidine rings is 1. The highest BCUT2D eigenvalue weighted by Gasteiger charge is 2.35. The van der Waals surface area contributed by atoms with Crippen LogP contribution >= 0.6 is 0 Å². The standard InChI is InChI=1S/C20H28N2O8S2/c1-14(19(23)21-16-9-12-31(25,26)13-16)30-20(24)15-7-10-22(11-8-15)32(27,28)18-5-3-17(29-2)4-6-18/h3-6,14-16H,7-13H2,1-2H3,(H,21,23)/t14-,16+/m1/s1. The summed E-state index contributed by atoms with van der Waals surface area (Å²) in [4.78, 5) is 24.9. The van der Waals surface area contributed by atoms with E-state index in [0.29, 0.717) is 12.2 Å². The van der Waals surface area contributed by atoms with Gasteiger partial charge in [-0.25, -0.2) is 16.8 Å². The number of sulfonamides is 1. The van der Waals surface area contributed by atoms with Crippen molar-refractivity contribution in [3.05, 3.63) is 24.3 Å². The Labute approximate surface area is 188 Å². The first-order chi connectivity index (χ1) is 15.0. The molecule has 2 fully saturated rings. The van der Waals surface area contributed by atoms with Gasteiger partial charge < -0.3 is 14.8 Å². The van der Waals surface area contributed by atoms with Crippen molar-refractivity contribution in [1.29, 1.82) is 0 Å². The molecule has 2 aliphatic heterocycles. The minimum absolute atomic E-state index is 0.0319. The second-order valence-corrected chi connectivity index (χ2v) is 12.2. The molecule has 1 N–H and O–H groups in total. The highest BCUT2D eigenvalue weighted by Crippen LogP contribution is 2.26. The third-order valence-electron chi connectivity index (χ3n) is 5.73. The molecule has 0 spiro atoms. The molecule has 10 nitrogen and oxygen atoms in total. The number of nitrogens with one attached hydrogen (secondary N) is 1. The van der Waals surface area contributed by atoms with Crippen LogP contribution in [0.4, 0.5) is 0 Å². The zero-order valence-electron chi connectivity index (χ0n) is 18.0. The van der Waals surface area contributed by atoms with Crippen molar-refractivity contribution in [1.82, 2.24) is 9.62 Å². The molecule has 1 aromatic carbocycles. The van der Waals surface area contributed by atoms with Crippen LogP contribution < -0.4 is 10.1 Å². The predicted molar refractivity (Wildman–Crippen MR) is 115 cm³/mol. The topological polar surface area (TPSA) is 136 Å². The third kappa shape index (κ3) is 5.78. The maximum absolute atomic E-state index is 12.8. The number of ether oxygens (including phenoxy) is 2. The van der Waals surface area contributed by atoms with Gasteiger partial charge in [-0.3, -0.25) is 9.59 Å². The molecule has 32 heavy (non-hydrogen) atoms. The van der Waals surface area contributed by atoms with Gasteiger partial charge in [0.2, 0.25) is 10.0 Å². The van der Waals surface area contributed by atoms with Gasteiger partial charge in [-0.15, -0.1) is 0 Å². The first-order valence-electron chi connectivity index (χ1n) is 10.4. The average Bonchev–Trinajstić information content (AvgIpc) is 3.11. The van der Waals surface area contributed by atoms with Crippen molar-refractivity contribution < 1.29 is 35.9 Å². The Kier molecular flexibility index (Phi) is 7.46. The maximum atomic E-state index is 12.8. The summed E-state index contributed by atoms with van der Waals surface area (Å²) in [6.45, 7) is 1.75. The quantitative estimate of drug-likeness (QED) is 0.543. The van der Waals surface area contributed by atoms with Crippen LogP contribution in [0.15, 0.2) is 29.2 Å². The third-order valence-corrected chi connectivity index (χ3v) is 9.41. The van der Waals surface area contributed by atoms with E-state index in [4.69, 9.17) is 9.47 Å². The van der Waals surface area contributed by atoms with Crippen LogP contribution in [0.2, 0.25) is 0 Å². The monoisotopic (exact) mass is 488 g/mol. The number of benzene rings is 1. The van der Waals surface area contributed by atoms with Crippen molar-refractivity contribution in [2.45, 2.75) is 43.2 Å². The van der Waals surface area contributed by atoms with E-state index in [2.05, 4.69) is 5.32 Å². The van der Waals surface area contributed by atoms with Crippen LogP contribution in [-0.4, -0.2) is 76.9 Å². The Balaban J connectivity index is 1.49. The van der Waals surface area contributed by atoms with Gasteiger partial charge in [0.15, 0.2) is 15.9 Å². The summed E-state index contributed by atoms with van der Waals surface area (Å²) >= 11 is 0. The molecule has 0 radical (unpaired) electrons. The van der Waals surface area contributed by atoms with E-state index in [1.807, 2.05) is 0 Å². The Hall–Kier alpha value is -2.18. The lowest BCUT2D eigenvalue weighted by atomic mass is 9.98. The lowest BCUT2D eigenvalue weighted by molar-refractivity contribution is -0.160. The van der Waals surface area contributed by atoms with Crippen molar-refractivity contribution in [3.8, 4) is 5.75 Å². The predicted octanol–water partition coefficient (Wildman–Crippen LogP) is 0.331. The molecule has 2 saturated heterocycles. The number of rotatable bonds is 7. The average molecular weight is 489 g/mol. The van der Waals surface area contributed by atoms with Crippen LogP contribution in [-0.2, 0) is 34.2 Å². The number of esters is 1. The van der Waals surface area contributed by atoms with Gasteiger partial charge in [0, 0.05) is 19.1 Å². The number of carbonyl (C=O) groups is 2. The Morgan fingerprint density at radius 3 is 2.28 bits per heavy atom. The molecule has 2 aliphatic rings. The summed E-state index contributed by atoms with van der Waals surface area (Å²) in [5.41, 5.74) is 0. The largest absolute Gasteiger partial charge is 0.497 e. The van der Waals surface area contributed by atoms with Crippen LogP contribution in [0.5, 0.6) is 5.75 Å². The molecule has 1 amide bonds. The molecule has 1 aromatic rings. The summed E-state index contributed by atoms with van der Waals surface area (Å²) < 4.78 is 60.3. The summed E-state index contributed by atoms with van der Waals surface area (Å²) in [6.07, 6.45) is -0.158. The second kappa shape index (κ2) is 9.75. The Bertz CT molecular complexity index is 1050. The van der Waals surface area contributed by atoms with E-state index in [-0.39, 0.29) is 42.3 Å². The smallest absolute Gasteiger partial charge is 0.309 e. The fraction of sp³-hybridized carbons (Fsp3) is 0.600. The summed E-state index contributed by atoms with van der Waals surface area (Å²) in [5.74, 6) is -1.14. The normalized spacial score (nSPS) is 22.8. The van der Waals surface area contributed by atoms with Crippen molar-refractivity contribution in [2.24, 2.45) is 5.92 Å². The Morgan fingerprint density at radius 1 is 1.12 bits per heavy atom. The van der Waals surface area contributed by atoms with Crippen LogP contribution in [0, 0.1) is 5.92 Å². The van der Waals surface area contributed by atoms with Crippen LogP contribution in [0.25, 0.3) is 0 Å².